The number of nitrogens with two attached hydrogens (primary N) is 1. The van der Waals surface area contributed by atoms with E-state index >= 15 is 0 Å². The van der Waals surface area contributed by atoms with E-state index in [0.29, 0.717) is 11.5 Å². The molecule has 0 atom stereocenters. The number of fused-ring (bicyclic) bond motifs is 2. The van der Waals surface area contributed by atoms with Gasteiger partial charge >= 0.3 is 0 Å². The zero-order valence-corrected chi connectivity index (χ0v) is 16.2. The fraction of sp³-hybridized carbons (Fsp3) is 0.125. The number of carbonyl (C=O) groups is 1. The summed E-state index contributed by atoms with van der Waals surface area (Å²) in [6.07, 6.45) is 0. The van der Waals surface area contributed by atoms with E-state index in [-0.39, 0.29) is 11.1 Å². The van der Waals surface area contributed by atoms with Crippen LogP contribution < -0.4 is 15.2 Å². The summed E-state index contributed by atoms with van der Waals surface area (Å²) in [5, 5.41) is 15.3. The Morgan fingerprint density at radius 3 is 1.41 bits per heavy atom. The molecule has 29 heavy (non-hydrogen) atoms. The first kappa shape index (κ1) is 18.8. The molecule has 4 rings (SSSR count). The molecular formula is C24H21NO4. The quantitative estimate of drug-likeness (QED) is 0.547. The number of carbonyl (C=O) groups excluding carboxylic acids is 1. The molecule has 5 nitrogen and oxygen atoms in total. The van der Waals surface area contributed by atoms with Gasteiger partial charge in [-0.05, 0) is 45.8 Å². The molecule has 0 saturated carbocycles. The summed E-state index contributed by atoms with van der Waals surface area (Å²) in [4.78, 5) is 12.7. The van der Waals surface area contributed by atoms with E-state index in [2.05, 4.69) is 0 Å². The van der Waals surface area contributed by atoms with Crippen molar-refractivity contribution in [2.75, 3.05) is 14.2 Å². The van der Waals surface area contributed by atoms with Crippen molar-refractivity contribution in [2.45, 2.75) is 5.60 Å². The van der Waals surface area contributed by atoms with Crippen LogP contribution in [0.15, 0.2) is 72.8 Å². The first-order valence-corrected chi connectivity index (χ1v) is 9.16. The number of methoxy groups -OCH3 is 2. The summed E-state index contributed by atoms with van der Waals surface area (Å²) in [5.74, 6) is -0.194. The number of ether oxygens (including phenoxy) is 2. The average Bonchev–Trinajstić information content (AvgIpc) is 2.76. The molecular weight excluding hydrogens is 366 g/mol. The lowest BCUT2D eigenvalue weighted by Gasteiger charge is -2.29. The Bertz CT molecular complexity index is 1140. The molecule has 0 aliphatic rings. The smallest absolute Gasteiger partial charge is 0.259 e. The number of hydrogen-bond donors (Lipinski definition) is 2. The molecule has 0 fully saturated rings. The molecule has 0 aliphatic carbocycles. The lowest BCUT2D eigenvalue weighted by molar-refractivity contribution is -0.133. The molecule has 4 aromatic rings. The number of rotatable bonds is 5. The van der Waals surface area contributed by atoms with E-state index in [9.17, 15) is 9.90 Å². The molecule has 0 aliphatic heterocycles. The molecule has 0 saturated heterocycles. The van der Waals surface area contributed by atoms with E-state index in [1.165, 1.54) is 14.2 Å². The first-order chi connectivity index (χ1) is 14.0. The maximum atomic E-state index is 12.7. The van der Waals surface area contributed by atoms with Crippen molar-refractivity contribution in [1.82, 2.24) is 0 Å². The molecule has 0 unspecified atom stereocenters. The summed E-state index contributed by atoms with van der Waals surface area (Å²) in [7, 11) is 2.99. The van der Waals surface area contributed by atoms with Crippen LogP contribution in [0.25, 0.3) is 21.5 Å². The highest BCUT2D eigenvalue weighted by atomic mass is 16.5. The molecule has 0 bridgehead atoms. The Balaban J connectivity index is 2.07. The highest BCUT2D eigenvalue weighted by Crippen LogP contribution is 2.43. The van der Waals surface area contributed by atoms with Crippen LogP contribution in [0, 0.1) is 0 Å². The molecule has 146 valence electrons. The van der Waals surface area contributed by atoms with Crippen molar-refractivity contribution in [1.29, 1.82) is 0 Å². The van der Waals surface area contributed by atoms with Gasteiger partial charge in [0.2, 0.25) is 5.60 Å². The van der Waals surface area contributed by atoms with Crippen LogP contribution in [0.2, 0.25) is 0 Å². The van der Waals surface area contributed by atoms with Crippen LogP contribution in [-0.2, 0) is 10.4 Å². The third-order valence-electron chi connectivity index (χ3n) is 5.27. The van der Waals surface area contributed by atoms with Gasteiger partial charge in [0.25, 0.3) is 5.91 Å². The second kappa shape index (κ2) is 7.11. The zero-order chi connectivity index (χ0) is 20.6. The van der Waals surface area contributed by atoms with Gasteiger partial charge in [-0.15, -0.1) is 0 Å². The van der Waals surface area contributed by atoms with E-state index in [1.54, 1.807) is 24.3 Å². The van der Waals surface area contributed by atoms with Gasteiger partial charge in [0.05, 0.1) is 14.2 Å². The minimum atomic E-state index is -2.15. The Morgan fingerprint density at radius 1 is 0.759 bits per heavy atom. The Morgan fingerprint density at radius 2 is 1.10 bits per heavy atom. The van der Waals surface area contributed by atoms with Crippen LogP contribution >= 0.6 is 0 Å². The number of aliphatic hydroxyl groups is 1. The van der Waals surface area contributed by atoms with Gasteiger partial charge in [0, 0.05) is 11.1 Å². The molecule has 0 radical (unpaired) electrons. The van der Waals surface area contributed by atoms with Crippen molar-refractivity contribution < 1.29 is 19.4 Å². The van der Waals surface area contributed by atoms with Crippen LogP contribution in [0.5, 0.6) is 11.5 Å². The topological polar surface area (TPSA) is 81.8 Å². The SMILES string of the molecule is COc1cc2ccccc2cc1C(O)(C(N)=O)c1cc2ccccc2cc1OC. The minimum Gasteiger partial charge on any atom is -0.496 e. The van der Waals surface area contributed by atoms with Gasteiger partial charge in [-0.1, -0.05) is 48.5 Å². The van der Waals surface area contributed by atoms with E-state index < -0.39 is 11.5 Å². The standard InChI is InChI=1S/C24H21NO4/c1-28-21-13-17-9-5-3-7-15(17)11-19(21)24(27,23(25)26)20-12-16-8-4-6-10-18(16)14-22(20)29-2/h3-14,27H,1-2H3,(H2,25,26). The number of primary amides is 1. The molecule has 0 spiro atoms. The van der Waals surface area contributed by atoms with Crippen molar-refractivity contribution in [3.63, 3.8) is 0 Å². The first-order valence-electron chi connectivity index (χ1n) is 9.16. The Kier molecular flexibility index (Phi) is 4.60. The highest BCUT2D eigenvalue weighted by molar-refractivity contribution is 5.96. The summed E-state index contributed by atoms with van der Waals surface area (Å²) in [6.45, 7) is 0. The number of hydrogen-bond acceptors (Lipinski definition) is 4. The fourth-order valence-electron chi connectivity index (χ4n) is 3.75. The highest BCUT2D eigenvalue weighted by Gasteiger charge is 2.43. The van der Waals surface area contributed by atoms with Crippen molar-refractivity contribution in [2.24, 2.45) is 5.73 Å². The lowest BCUT2D eigenvalue weighted by atomic mass is 9.82. The molecule has 0 heterocycles. The van der Waals surface area contributed by atoms with Crippen LogP contribution in [-0.4, -0.2) is 25.2 Å². The van der Waals surface area contributed by atoms with Crippen molar-refractivity contribution in [3.05, 3.63) is 83.9 Å². The zero-order valence-electron chi connectivity index (χ0n) is 16.2. The van der Waals surface area contributed by atoms with Gasteiger partial charge < -0.3 is 20.3 Å². The van der Waals surface area contributed by atoms with Crippen LogP contribution in [0.1, 0.15) is 11.1 Å². The predicted octanol–water partition coefficient (Wildman–Crippen LogP) is 3.73. The lowest BCUT2D eigenvalue weighted by Crippen LogP contribution is -2.42. The van der Waals surface area contributed by atoms with E-state index in [4.69, 9.17) is 15.2 Å². The van der Waals surface area contributed by atoms with Crippen molar-refractivity contribution >= 4 is 27.5 Å². The molecule has 1 amide bonds. The summed E-state index contributed by atoms with van der Waals surface area (Å²) in [5.41, 5.74) is 4.15. The summed E-state index contributed by atoms with van der Waals surface area (Å²) >= 11 is 0. The van der Waals surface area contributed by atoms with Gasteiger partial charge in [0.15, 0.2) is 0 Å². The third kappa shape index (κ3) is 2.96. The third-order valence-corrected chi connectivity index (χ3v) is 5.27. The summed E-state index contributed by atoms with van der Waals surface area (Å²) in [6, 6.07) is 22.3. The van der Waals surface area contributed by atoms with Crippen molar-refractivity contribution in [3.8, 4) is 11.5 Å². The molecule has 0 aromatic heterocycles. The molecule has 4 aromatic carbocycles. The van der Waals surface area contributed by atoms with Gasteiger partial charge in [-0.2, -0.15) is 0 Å². The van der Waals surface area contributed by atoms with Gasteiger partial charge in [-0.3, -0.25) is 4.79 Å². The fourth-order valence-corrected chi connectivity index (χ4v) is 3.75. The predicted molar refractivity (Wildman–Crippen MR) is 113 cm³/mol. The summed E-state index contributed by atoms with van der Waals surface area (Å²) < 4.78 is 11.0. The van der Waals surface area contributed by atoms with Crippen LogP contribution in [0.3, 0.4) is 0 Å². The van der Waals surface area contributed by atoms with Gasteiger partial charge in [-0.25, -0.2) is 0 Å². The molecule has 5 heteroatoms. The Labute approximate surface area is 168 Å². The Hall–Kier alpha value is -3.57. The average molecular weight is 387 g/mol. The minimum absolute atomic E-state index is 0.264. The maximum absolute atomic E-state index is 12.7. The second-order valence-electron chi connectivity index (χ2n) is 6.87. The second-order valence-corrected chi connectivity index (χ2v) is 6.87. The monoisotopic (exact) mass is 387 g/mol. The normalized spacial score (nSPS) is 11.6. The number of benzene rings is 4. The molecule has 3 N–H and O–H groups in total. The van der Waals surface area contributed by atoms with Crippen LogP contribution in [0.4, 0.5) is 0 Å². The number of amides is 1. The van der Waals surface area contributed by atoms with E-state index in [1.807, 2.05) is 48.5 Å². The van der Waals surface area contributed by atoms with Gasteiger partial charge in [0.1, 0.15) is 11.5 Å². The maximum Gasteiger partial charge on any atom is 0.259 e. The largest absolute Gasteiger partial charge is 0.496 e. The van der Waals surface area contributed by atoms with E-state index in [0.717, 1.165) is 21.5 Å².